The number of esters is 2. The fraction of sp³-hybridized carbons (Fsp3) is 0.545. The van der Waals surface area contributed by atoms with E-state index in [1.54, 1.807) is 0 Å². The molecule has 4 unspecified atom stereocenters. The van der Waals surface area contributed by atoms with Crippen LogP contribution in [0.25, 0.3) is 0 Å². The Morgan fingerprint density at radius 3 is 1.76 bits per heavy atom. The van der Waals surface area contributed by atoms with Crippen LogP contribution in [-0.2, 0) is 31.9 Å². The average Bonchev–Trinajstić information content (AvgIpc) is 3.58. The van der Waals surface area contributed by atoms with E-state index >= 15 is 0 Å². The Morgan fingerprint density at radius 1 is 0.829 bits per heavy atom. The number of benzene rings is 2. The molecular weight excluding hydrogens is 520 g/mol. The molecule has 0 heterocycles. The molecule has 2 aromatic rings. The molecule has 41 heavy (non-hydrogen) atoms. The van der Waals surface area contributed by atoms with Gasteiger partial charge < -0.3 is 30.4 Å². The molecule has 224 valence electrons. The summed E-state index contributed by atoms with van der Waals surface area (Å²) in [6, 6.07) is 16.2. The summed E-state index contributed by atoms with van der Waals surface area (Å²) in [6.45, 7) is 4.85. The standard InChI is InChI=1S/C17H23NO4.C16H23NO2/c1-2-3-6-13(11-18-17(20)21)16(19)22-15-10-9-12-7-4-5-8-14(12)15;1-2-3-6-13(11-17)16(18)19-15-10-9-12-7-4-5-8-14(12)15/h4-5,7-8,13,15,18H,2-3,6,9-11H2,1H3,(H,20,21);4-5,7-8,13,15H,2-3,6,9-11,17H2,1H3. The van der Waals surface area contributed by atoms with Gasteiger partial charge in [-0.05, 0) is 60.8 Å². The fourth-order valence-corrected chi connectivity index (χ4v) is 5.54. The number of ether oxygens (including phenoxy) is 2. The Balaban J connectivity index is 0.000000228. The number of unbranched alkanes of at least 4 members (excludes halogenated alkanes) is 2. The number of hydrogen-bond acceptors (Lipinski definition) is 6. The normalized spacial score (nSPS) is 18.2. The number of fused-ring (bicyclic) bond motifs is 2. The molecule has 0 bridgehead atoms. The number of amides is 1. The molecule has 0 fully saturated rings. The lowest BCUT2D eigenvalue weighted by Crippen LogP contribution is -2.55. The number of rotatable bonds is 13. The summed E-state index contributed by atoms with van der Waals surface area (Å²) >= 11 is 0. The molecule has 8 heteroatoms. The monoisotopic (exact) mass is 566 g/mol. The van der Waals surface area contributed by atoms with Gasteiger partial charge in [0, 0.05) is 6.54 Å². The van der Waals surface area contributed by atoms with Crippen molar-refractivity contribution < 1.29 is 34.7 Å². The van der Waals surface area contributed by atoms with E-state index in [0.29, 0.717) is 13.0 Å². The van der Waals surface area contributed by atoms with Crippen LogP contribution in [0.1, 0.15) is 99.7 Å². The molecule has 0 spiro atoms. The van der Waals surface area contributed by atoms with Gasteiger partial charge in [-0.15, -0.1) is 0 Å². The minimum absolute atomic E-state index is 0.0345. The fourth-order valence-electron chi connectivity index (χ4n) is 5.54. The molecule has 8 nitrogen and oxygen atoms in total. The molecule has 4 rings (SSSR count). The maximum absolute atomic E-state index is 12.4. The second-order valence-corrected chi connectivity index (χ2v) is 11.0. The highest BCUT2D eigenvalue weighted by Gasteiger charge is 2.30. The first-order valence-corrected chi connectivity index (χ1v) is 15.2. The molecule has 1 amide bonds. The predicted octanol–water partition coefficient (Wildman–Crippen LogP) is 4.22. The van der Waals surface area contributed by atoms with E-state index in [4.69, 9.17) is 9.47 Å². The van der Waals surface area contributed by atoms with Gasteiger partial charge in [-0.1, -0.05) is 88.1 Å². The predicted molar refractivity (Wildman–Crippen MR) is 154 cm³/mol. The quantitative estimate of drug-likeness (QED) is 0.349. The lowest BCUT2D eigenvalue weighted by atomic mass is 10.0. The third-order valence-electron chi connectivity index (χ3n) is 7.99. The smallest absolute Gasteiger partial charge is 0.315 e. The second-order valence-electron chi connectivity index (χ2n) is 11.0. The molecule has 0 aliphatic heterocycles. The van der Waals surface area contributed by atoms with Gasteiger partial charge in [0.05, 0.1) is 12.5 Å². The van der Waals surface area contributed by atoms with Crippen molar-refractivity contribution in [3.05, 3.63) is 70.8 Å². The van der Waals surface area contributed by atoms with Crippen LogP contribution in [0, 0.1) is 11.8 Å². The van der Waals surface area contributed by atoms with Crippen molar-refractivity contribution in [3.8, 4) is 0 Å². The van der Waals surface area contributed by atoms with Crippen LogP contribution in [0.3, 0.4) is 0 Å². The molecule has 4 atom stereocenters. The van der Waals surface area contributed by atoms with Gasteiger partial charge in [0.2, 0.25) is 0 Å². The van der Waals surface area contributed by atoms with Crippen molar-refractivity contribution in [2.24, 2.45) is 11.8 Å². The molecular formula is C33H46N2O6. The molecule has 0 saturated carbocycles. The van der Waals surface area contributed by atoms with E-state index < -0.39 is 12.0 Å². The Labute approximate surface area is 244 Å². The minimum atomic E-state index is -1.36. The molecule has 0 aromatic heterocycles. The Morgan fingerprint density at radius 2 is 1.29 bits per heavy atom. The summed E-state index contributed by atoms with van der Waals surface area (Å²) < 4.78 is 11.3. The number of hydrogen-bond donors (Lipinski definition) is 2. The highest BCUT2D eigenvalue weighted by atomic mass is 16.5. The van der Waals surface area contributed by atoms with Gasteiger partial charge in [0.25, 0.3) is 0 Å². The highest BCUT2D eigenvalue weighted by molar-refractivity contribution is 5.74. The first kappa shape index (κ1) is 32.1. The molecule has 0 saturated heterocycles. The Kier molecular flexibility index (Phi) is 13.1. The molecule has 2 aliphatic rings. The lowest BCUT2D eigenvalue weighted by molar-refractivity contribution is -0.377. The third kappa shape index (κ3) is 9.59. The maximum atomic E-state index is 12.4. The summed E-state index contributed by atoms with van der Waals surface area (Å²) in [6.07, 6.45) is 7.50. The summed E-state index contributed by atoms with van der Waals surface area (Å²) in [5.74, 6) is -0.882. The van der Waals surface area contributed by atoms with Crippen LogP contribution in [0.15, 0.2) is 48.5 Å². The van der Waals surface area contributed by atoms with Crippen molar-refractivity contribution in [2.75, 3.05) is 13.1 Å². The second kappa shape index (κ2) is 16.8. The van der Waals surface area contributed by atoms with E-state index in [2.05, 4.69) is 36.2 Å². The van der Waals surface area contributed by atoms with Crippen molar-refractivity contribution in [1.82, 2.24) is 5.32 Å². The van der Waals surface area contributed by atoms with Crippen molar-refractivity contribution >= 4 is 18.0 Å². The van der Waals surface area contributed by atoms with Crippen LogP contribution in [0.5, 0.6) is 0 Å². The van der Waals surface area contributed by atoms with Crippen LogP contribution < -0.4 is 16.2 Å². The number of quaternary nitrogens is 1. The summed E-state index contributed by atoms with van der Waals surface area (Å²) in [4.78, 5) is 35.1. The van der Waals surface area contributed by atoms with Gasteiger partial charge >= 0.3 is 11.9 Å². The molecule has 2 aromatic carbocycles. The van der Waals surface area contributed by atoms with Gasteiger partial charge in [-0.2, -0.15) is 0 Å². The van der Waals surface area contributed by atoms with E-state index in [1.807, 2.05) is 37.3 Å². The third-order valence-corrected chi connectivity index (χ3v) is 7.99. The van der Waals surface area contributed by atoms with E-state index in [9.17, 15) is 19.5 Å². The summed E-state index contributed by atoms with van der Waals surface area (Å²) in [5, 5.41) is 12.7. The lowest BCUT2D eigenvalue weighted by Gasteiger charge is -2.20. The topological polar surface area (TPSA) is 132 Å². The van der Waals surface area contributed by atoms with Gasteiger partial charge in [0.15, 0.2) is 0 Å². The van der Waals surface area contributed by atoms with E-state index in [-0.39, 0.29) is 36.6 Å². The van der Waals surface area contributed by atoms with Crippen LogP contribution in [-0.4, -0.2) is 31.1 Å². The average molecular weight is 567 g/mol. The maximum Gasteiger partial charge on any atom is 0.315 e. The SMILES string of the molecule is CCCCC(CNC(=O)[O-])C(=O)OC1CCc2ccccc21.CCCCC(C[NH3+])C(=O)OC1CCc2ccccc21. The van der Waals surface area contributed by atoms with E-state index in [0.717, 1.165) is 63.4 Å². The van der Waals surface area contributed by atoms with Crippen molar-refractivity contribution in [1.29, 1.82) is 0 Å². The number of carboxylic acid groups (broad SMARTS) is 1. The minimum Gasteiger partial charge on any atom is -0.530 e. The highest BCUT2D eigenvalue weighted by Crippen LogP contribution is 2.35. The first-order valence-electron chi connectivity index (χ1n) is 15.2. The van der Waals surface area contributed by atoms with Gasteiger partial charge in [-0.3, -0.25) is 9.59 Å². The van der Waals surface area contributed by atoms with Crippen LogP contribution >= 0.6 is 0 Å². The number of carbonyl (C=O) groups is 3. The summed E-state index contributed by atoms with van der Waals surface area (Å²) in [7, 11) is 0. The van der Waals surface area contributed by atoms with Crippen LogP contribution in [0.4, 0.5) is 4.79 Å². The Hall–Kier alpha value is -3.39. The zero-order chi connectivity index (χ0) is 29.6. The van der Waals surface area contributed by atoms with Crippen LogP contribution in [0.2, 0.25) is 0 Å². The zero-order valence-corrected chi connectivity index (χ0v) is 24.6. The van der Waals surface area contributed by atoms with E-state index in [1.165, 1.54) is 16.7 Å². The number of carbonyl (C=O) groups excluding carboxylic acids is 3. The van der Waals surface area contributed by atoms with Crippen molar-refractivity contribution in [3.63, 3.8) is 0 Å². The zero-order valence-electron chi connectivity index (χ0n) is 24.6. The molecule has 0 radical (unpaired) electrons. The van der Waals surface area contributed by atoms with Crippen molar-refractivity contribution in [2.45, 2.75) is 90.3 Å². The summed E-state index contributed by atoms with van der Waals surface area (Å²) in [5.41, 5.74) is 8.67. The van der Waals surface area contributed by atoms with Gasteiger partial charge in [0.1, 0.15) is 24.2 Å². The molecule has 4 N–H and O–H groups in total. The number of nitrogens with one attached hydrogen (secondary N) is 1. The molecule has 2 aliphatic carbocycles. The number of aryl methyl sites for hydroxylation is 2. The first-order chi connectivity index (χ1) is 19.9. The largest absolute Gasteiger partial charge is 0.530 e. The van der Waals surface area contributed by atoms with Gasteiger partial charge in [-0.25, -0.2) is 0 Å². The Bertz CT molecular complexity index is 1140.